The van der Waals surface area contributed by atoms with Crippen molar-refractivity contribution in [2.24, 2.45) is 0 Å². The Morgan fingerprint density at radius 2 is 1.12 bits per heavy atom. The summed E-state index contributed by atoms with van der Waals surface area (Å²) in [5.74, 6) is -1.60. The van der Waals surface area contributed by atoms with Crippen molar-refractivity contribution in [1.82, 2.24) is 0 Å². The van der Waals surface area contributed by atoms with Gasteiger partial charge in [-0.2, -0.15) is 0 Å². The molecule has 0 amide bonds. The van der Waals surface area contributed by atoms with E-state index < -0.39 is 24.2 Å². The van der Waals surface area contributed by atoms with Gasteiger partial charge in [-0.1, -0.05) is 44.5 Å². The van der Waals surface area contributed by atoms with E-state index in [-0.39, 0.29) is 43.1 Å². The van der Waals surface area contributed by atoms with Gasteiger partial charge in [0, 0.05) is 16.7 Å². The van der Waals surface area contributed by atoms with Crippen LogP contribution in [0.1, 0.15) is 49.9 Å². The van der Waals surface area contributed by atoms with E-state index in [1.807, 2.05) is 24.3 Å². The maximum absolute atomic E-state index is 12.1. The summed E-state index contributed by atoms with van der Waals surface area (Å²) in [5.41, 5.74) is 5.44. The molecule has 8 nitrogen and oxygen atoms in total. The first kappa shape index (κ1) is 31.9. The van der Waals surface area contributed by atoms with Crippen molar-refractivity contribution < 1.29 is 38.4 Å². The zero-order valence-electron chi connectivity index (χ0n) is 23.5. The molecule has 2 aromatic rings. The molecule has 0 heterocycles. The molecule has 2 aromatic carbocycles. The number of ether oxygens (including phenoxy) is 4. The van der Waals surface area contributed by atoms with E-state index in [0.717, 1.165) is 11.1 Å². The van der Waals surface area contributed by atoms with E-state index in [4.69, 9.17) is 18.9 Å². The smallest absolute Gasteiger partial charge is 0.333 e. The van der Waals surface area contributed by atoms with E-state index in [9.17, 15) is 19.5 Å². The molecule has 0 aliphatic rings. The van der Waals surface area contributed by atoms with Gasteiger partial charge in [0.15, 0.2) is 6.29 Å². The second kappa shape index (κ2) is 14.8. The Hall–Kier alpha value is -4.27. The van der Waals surface area contributed by atoms with Crippen molar-refractivity contribution in [3.05, 3.63) is 107 Å². The van der Waals surface area contributed by atoms with Crippen molar-refractivity contribution in [2.75, 3.05) is 0 Å². The lowest BCUT2D eigenvalue weighted by molar-refractivity contribution is -0.141. The van der Waals surface area contributed by atoms with Gasteiger partial charge in [0.1, 0.15) is 19.8 Å². The third-order valence-electron chi connectivity index (χ3n) is 5.55. The molecule has 0 aliphatic heterocycles. The van der Waals surface area contributed by atoms with Crippen molar-refractivity contribution >= 4 is 17.9 Å². The lowest BCUT2D eigenvalue weighted by Gasteiger charge is -2.16. The maximum atomic E-state index is 12.1. The van der Waals surface area contributed by atoms with Crippen LogP contribution in [0.4, 0.5) is 0 Å². The predicted molar refractivity (Wildman–Crippen MR) is 151 cm³/mol. The Morgan fingerprint density at radius 3 is 1.62 bits per heavy atom. The van der Waals surface area contributed by atoms with Gasteiger partial charge in [-0.3, -0.25) is 0 Å². The zero-order valence-corrected chi connectivity index (χ0v) is 23.5. The Labute approximate surface area is 235 Å². The fraction of sp³-hybridized carbons (Fsp3) is 0.281. The van der Waals surface area contributed by atoms with Gasteiger partial charge in [-0.25, -0.2) is 14.4 Å². The molecule has 0 bridgehead atoms. The Morgan fingerprint density at radius 1 is 0.650 bits per heavy atom. The monoisotopic (exact) mass is 548 g/mol. The van der Waals surface area contributed by atoms with Crippen LogP contribution in [0.5, 0.6) is 0 Å². The summed E-state index contributed by atoms with van der Waals surface area (Å²) in [7, 11) is 0. The average Bonchev–Trinajstić information content (AvgIpc) is 2.91. The lowest BCUT2D eigenvalue weighted by Crippen LogP contribution is -2.12. The highest BCUT2D eigenvalue weighted by Gasteiger charge is 2.14. The second-order valence-electron chi connectivity index (χ2n) is 9.60. The number of carbonyl (C=O) groups is 3. The van der Waals surface area contributed by atoms with Crippen LogP contribution < -0.4 is 0 Å². The highest BCUT2D eigenvalue weighted by atomic mass is 16.6. The fourth-order valence-electron chi connectivity index (χ4n) is 3.30. The van der Waals surface area contributed by atoms with Gasteiger partial charge in [0.25, 0.3) is 0 Å². The molecule has 2 rings (SSSR count). The van der Waals surface area contributed by atoms with Gasteiger partial charge in [0.05, 0.1) is 6.61 Å². The minimum absolute atomic E-state index is 0.00636. The first-order chi connectivity index (χ1) is 18.8. The second-order valence-corrected chi connectivity index (χ2v) is 9.60. The number of aliphatic hydroxyl groups is 1. The first-order valence-corrected chi connectivity index (χ1v) is 12.5. The van der Waals surface area contributed by atoms with E-state index in [1.165, 1.54) is 0 Å². The summed E-state index contributed by atoms with van der Waals surface area (Å²) in [6.45, 7) is 20.8. The molecule has 0 saturated heterocycles. The highest BCUT2D eigenvalue weighted by Crippen LogP contribution is 2.27. The maximum Gasteiger partial charge on any atom is 0.333 e. The molecular formula is C32H36O8. The molecule has 1 unspecified atom stereocenters. The molecule has 0 aliphatic carbocycles. The van der Waals surface area contributed by atoms with Crippen LogP contribution in [0.3, 0.4) is 0 Å². The highest BCUT2D eigenvalue weighted by molar-refractivity contribution is 5.87. The molecule has 0 spiro atoms. The number of benzene rings is 2. The molecule has 0 aromatic heterocycles. The number of rotatable bonds is 14. The number of aliphatic hydroxyl groups excluding tert-OH is 1. The topological polar surface area (TPSA) is 108 Å². The predicted octanol–water partition coefficient (Wildman–Crippen LogP) is 5.62. The van der Waals surface area contributed by atoms with Crippen LogP contribution in [0.2, 0.25) is 0 Å². The van der Waals surface area contributed by atoms with Crippen molar-refractivity contribution in [3.63, 3.8) is 0 Å². The van der Waals surface area contributed by atoms with Crippen LogP contribution in [0, 0.1) is 0 Å². The standard InChI is InChI=1S/C32H36O8/c1-19(2)29(33)37-15-23-11-24(16-38-30(34)20(3)4)13-27(12-23)25-9-10-26(17-39-31(35)21(5)6)28(14-25)18-40-32(36)22(7)8/h9-14,29,33H,1,3,5,7,15-18H2,2,4,6,8H3. The first-order valence-electron chi connectivity index (χ1n) is 12.5. The van der Waals surface area contributed by atoms with Gasteiger partial charge >= 0.3 is 17.9 Å². The number of hydrogen-bond donors (Lipinski definition) is 1. The molecule has 8 heteroatoms. The van der Waals surface area contributed by atoms with Crippen molar-refractivity contribution in [2.45, 2.75) is 60.4 Å². The van der Waals surface area contributed by atoms with E-state index in [0.29, 0.717) is 27.8 Å². The number of esters is 3. The quantitative estimate of drug-likeness (QED) is 0.107. The Kier molecular flexibility index (Phi) is 11.8. The van der Waals surface area contributed by atoms with Gasteiger partial charge in [-0.15, -0.1) is 0 Å². The molecule has 40 heavy (non-hydrogen) atoms. The molecular weight excluding hydrogens is 512 g/mol. The third kappa shape index (κ3) is 9.80. The van der Waals surface area contributed by atoms with Gasteiger partial charge in [-0.05, 0) is 84.8 Å². The van der Waals surface area contributed by atoms with Crippen LogP contribution >= 0.6 is 0 Å². The van der Waals surface area contributed by atoms with Crippen LogP contribution in [-0.2, 0) is 59.8 Å². The molecule has 212 valence electrons. The largest absolute Gasteiger partial charge is 0.457 e. The van der Waals surface area contributed by atoms with Gasteiger partial charge in [0.2, 0.25) is 0 Å². The average molecular weight is 549 g/mol. The fourth-order valence-corrected chi connectivity index (χ4v) is 3.30. The molecule has 0 radical (unpaired) electrons. The van der Waals surface area contributed by atoms with Crippen LogP contribution in [0.25, 0.3) is 11.1 Å². The minimum Gasteiger partial charge on any atom is -0.457 e. The van der Waals surface area contributed by atoms with Crippen LogP contribution in [-0.4, -0.2) is 29.3 Å². The molecule has 1 atom stereocenters. The number of hydrogen-bond acceptors (Lipinski definition) is 8. The third-order valence-corrected chi connectivity index (χ3v) is 5.55. The Bertz CT molecular complexity index is 1330. The summed E-state index contributed by atoms with van der Waals surface area (Å²) in [5, 5.41) is 10.0. The number of carbonyl (C=O) groups excluding carboxylic acids is 3. The summed E-state index contributed by atoms with van der Waals surface area (Å²) in [4.78, 5) is 36.0. The summed E-state index contributed by atoms with van der Waals surface area (Å²) >= 11 is 0. The van der Waals surface area contributed by atoms with Gasteiger partial charge < -0.3 is 24.1 Å². The zero-order chi connectivity index (χ0) is 30.0. The minimum atomic E-state index is -1.14. The summed E-state index contributed by atoms with van der Waals surface area (Å²) < 4.78 is 21.5. The Balaban J connectivity index is 2.48. The van der Waals surface area contributed by atoms with Crippen molar-refractivity contribution in [3.8, 4) is 11.1 Å². The summed E-state index contributed by atoms with van der Waals surface area (Å²) in [6, 6.07) is 11.0. The summed E-state index contributed by atoms with van der Waals surface area (Å²) in [6.07, 6.45) is -1.14. The lowest BCUT2D eigenvalue weighted by atomic mass is 9.96. The van der Waals surface area contributed by atoms with Crippen molar-refractivity contribution in [1.29, 1.82) is 0 Å². The SMILES string of the molecule is C=C(C)C(=O)OCc1cc(COC(O)C(=C)C)cc(-c2ccc(COC(=O)C(=C)C)c(COC(=O)C(=C)C)c2)c1. The van der Waals surface area contributed by atoms with E-state index in [1.54, 1.807) is 39.8 Å². The molecule has 1 N–H and O–H groups in total. The molecule has 0 saturated carbocycles. The van der Waals surface area contributed by atoms with Crippen LogP contribution in [0.15, 0.2) is 85.0 Å². The van der Waals surface area contributed by atoms with E-state index >= 15 is 0 Å². The normalized spacial score (nSPS) is 11.2. The molecule has 0 fully saturated rings. The van der Waals surface area contributed by atoms with E-state index in [2.05, 4.69) is 26.3 Å².